The fourth-order valence-electron chi connectivity index (χ4n) is 4.23. The molecule has 4 rings (SSSR count). The van der Waals surface area contributed by atoms with Gasteiger partial charge in [0.1, 0.15) is 6.04 Å². The van der Waals surface area contributed by atoms with E-state index in [9.17, 15) is 14.4 Å². The average molecular weight is 490 g/mol. The minimum Gasteiger partial charge on any atom is -0.459 e. The summed E-state index contributed by atoms with van der Waals surface area (Å²) < 4.78 is 10.8. The van der Waals surface area contributed by atoms with Crippen molar-refractivity contribution in [2.75, 3.05) is 24.6 Å². The van der Waals surface area contributed by atoms with Crippen molar-refractivity contribution >= 4 is 23.4 Å². The SMILES string of the molecule is CCc1ccc(N(C(=O)CNC(=O)c2ccco2)[C@H](C(=O)NC[C@H]2CCCO2)c2ccccc2)cc1. The molecule has 3 aromatic rings. The standard InChI is InChI=1S/C28H31N3O5/c1-2-20-12-14-22(15-13-20)31(25(32)19-30-27(33)24-11-7-17-36-24)26(21-8-4-3-5-9-21)28(34)29-18-23-10-6-16-35-23/h3-5,7-9,11-15,17,23,26H,2,6,10,16,18-19H2,1H3,(H,29,34)(H,30,33)/t23-,26+/m1/s1. The molecule has 0 spiro atoms. The zero-order valence-electron chi connectivity index (χ0n) is 20.3. The van der Waals surface area contributed by atoms with Crippen molar-refractivity contribution in [3.63, 3.8) is 0 Å². The number of nitrogens with one attached hydrogen (secondary N) is 2. The summed E-state index contributed by atoms with van der Waals surface area (Å²) in [5.74, 6) is -1.15. The minimum atomic E-state index is -0.937. The maximum Gasteiger partial charge on any atom is 0.287 e. The van der Waals surface area contributed by atoms with E-state index in [2.05, 4.69) is 10.6 Å². The molecule has 2 N–H and O–H groups in total. The number of carbonyl (C=O) groups is 3. The molecule has 1 aliphatic heterocycles. The molecule has 36 heavy (non-hydrogen) atoms. The van der Waals surface area contributed by atoms with E-state index in [4.69, 9.17) is 9.15 Å². The van der Waals surface area contributed by atoms with Crippen LogP contribution in [0.1, 0.15) is 47.5 Å². The van der Waals surface area contributed by atoms with Gasteiger partial charge in [-0.1, -0.05) is 49.4 Å². The first-order valence-corrected chi connectivity index (χ1v) is 12.2. The van der Waals surface area contributed by atoms with Gasteiger partial charge in [-0.3, -0.25) is 19.3 Å². The summed E-state index contributed by atoms with van der Waals surface area (Å²) in [6.45, 7) is 2.80. The maximum absolute atomic E-state index is 13.6. The normalized spacial score (nSPS) is 15.8. The molecule has 2 atom stereocenters. The van der Waals surface area contributed by atoms with Gasteiger partial charge in [-0.05, 0) is 54.7 Å². The molecule has 188 valence electrons. The van der Waals surface area contributed by atoms with Crippen LogP contribution >= 0.6 is 0 Å². The van der Waals surface area contributed by atoms with E-state index >= 15 is 0 Å². The number of carbonyl (C=O) groups excluding carboxylic acids is 3. The van der Waals surface area contributed by atoms with E-state index in [1.54, 1.807) is 6.07 Å². The fourth-order valence-corrected chi connectivity index (χ4v) is 4.23. The van der Waals surface area contributed by atoms with E-state index in [0.717, 1.165) is 24.8 Å². The lowest BCUT2D eigenvalue weighted by molar-refractivity contribution is -0.126. The van der Waals surface area contributed by atoms with Crippen molar-refractivity contribution in [2.24, 2.45) is 0 Å². The van der Waals surface area contributed by atoms with Gasteiger partial charge < -0.3 is 19.8 Å². The van der Waals surface area contributed by atoms with E-state index in [1.807, 2.05) is 61.5 Å². The van der Waals surface area contributed by atoms with Crippen LogP contribution in [0.15, 0.2) is 77.4 Å². The molecule has 1 fully saturated rings. The Morgan fingerprint density at radius 1 is 1.00 bits per heavy atom. The van der Waals surface area contributed by atoms with Crippen LogP contribution in [0.5, 0.6) is 0 Å². The summed E-state index contributed by atoms with van der Waals surface area (Å²) in [6, 6.07) is 18.9. The number of hydrogen-bond donors (Lipinski definition) is 2. The summed E-state index contributed by atoms with van der Waals surface area (Å²) in [5.41, 5.74) is 2.33. The zero-order chi connectivity index (χ0) is 25.3. The van der Waals surface area contributed by atoms with Gasteiger partial charge in [0.05, 0.1) is 18.9 Å². The Hall–Kier alpha value is -3.91. The van der Waals surface area contributed by atoms with E-state index < -0.39 is 17.9 Å². The Labute approximate surface area is 210 Å². The lowest BCUT2D eigenvalue weighted by Crippen LogP contribution is -2.48. The summed E-state index contributed by atoms with van der Waals surface area (Å²) in [6.07, 6.45) is 4.05. The number of amides is 3. The van der Waals surface area contributed by atoms with Crippen LogP contribution in [-0.2, 0) is 20.7 Å². The first-order chi connectivity index (χ1) is 17.6. The van der Waals surface area contributed by atoms with Gasteiger partial charge in [-0.25, -0.2) is 0 Å². The van der Waals surface area contributed by atoms with Crippen LogP contribution in [0.25, 0.3) is 0 Å². The zero-order valence-corrected chi connectivity index (χ0v) is 20.3. The number of nitrogens with zero attached hydrogens (tertiary/aromatic N) is 1. The van der Waals surface area contributed by atoms with Crippen LogP contribution in [0.3, 0.4) is 0 Å². The number of ether oxygens (including phenoxy) is 1. The molecule has 0 aliphatic carbocycles. The molecule has 2 aromatic carbocycles. The molecule has 0 unspecified atom stereocenters. The van der Waals surface area contributed by atoms with Gasteiger partial charge in [0.15, 0.2) is 5.76 Å². The fraction of sp³-hybridized carbons (Fsp3) is 0.321. The minimum absolute atomic E-state index is 0.0362. The molecule has 0 radical (unpaired) electrons. The molecule has 0 bridgehead atoms. The molecular weight excluding hydrogens is 458 g/mol. The third-order valence-electron chi connectivity index (χ3n) is 6.19. The average Bonchev–Trinajstić information content (AvgIpc) is 3.64. The Morgan fingerprint density at radius 2 is 1.78 bits per heavy atom. The maximum atomic E-state index is 13.6. The van der Waals surface area contributed by atoms with E-state index in [1.165, 1.54) is 17.2 Å². The van der Waals surface area contributed by atoms with Gasteiger partial charge in [0, 0.05) is 18.8 Å². The lowest BCUT2D eigenvalue weighted by Gasteiger charge is -2.32. The number of benzene rings is 2. The van der Waals surface area contributed by atoms with Crippen LogP contribution in [0.2, 0.25) is 0 Å². The monoisotopic (exact) mass is 489 g/mol. The van der Waals surface area contributed by atoms with Crippen LogP contribution in [0, 0.1) is 0 Å². The number of aryl methyl sites for hydroxylation is 1. The van der Waals surface area contributed by atoms with Gasteiger partial charge in [0.2, 0.25) is 11.8 Å². The van der Waals surface area contributed by atoms with Gasteiger partial charge in [0.25, 0.3) is 5.91 Å². The number of furan rings is 1. The highest BCUT2D eigenvalue weighted by molar-refractivity contribution is 6.04. The second kappa shape index (κ2) is 12.2. The predicted molar refractivity (Wildman–Crippen MR) is 136 cm³/mol. The Morgan fingerprint density at radius 3 is 2.42 bits per heavy atom. The molecule has 0 saturated carbocycles. The number of anilines is 1. The molecule has 8 heteroatoms. The van der Waals surface area contributed by atoms with E-state index in [-0.39, 0.29) is 24.3 Å². The summed E-state index contributed by atoms with van der Waals surface area (Å²) in [7, 11) is 0. The third kappa shape index (κ3) is 6.20. The van der Waals surface area contributed by atoms with Gasteiger partial charge in [-0.2, -0.15) is 0 Å². The highest BCUT2D eigenvalue weighted by atomic mass is 16.5. The first-order valence-electron chi connectivity index (χ1n) is 12.2. The Kier molecular flexibility index (Phi) is 8.52. The summed E-state index contributed by atoms with van der Waals surface area (Å²) in [5, 5.41) is 5.58. The van der Waals surface area contributed by atoms with Crippen LogP contribution < -0.4 is 15.5 Å². The van der Waals surface area contributed by atoms with Crippen molar-refractivity contribution < 1.29 is 23.5 Å². The topological polar surface area (TPSA) is 101 Å². The summed E-state index contributed by atoms with van der Waals surface area (Å²) in [4.78, 5) is 41.1. The third-order valence-corrected chi connectivity index (χ3v) is 6.19. The van der Waals surface area contributed by atoms with Crippen LogP contribution in [-0.4, -0.2) is 43.5 Å². The smallest absolute Gasteiger partial charge is 0.287 e. The van der Waals surface area contributed by atoms with Crippen molar-refractivity contribution in [3.05, 3.63) is 89.9 Å². The molecule has 1 aliphatic rings. The number of rotatable bonds is 10. The molecule has 3 amide bonds. The Balaban J connectivity index is 1.63. The lowest BCUT2D eigenvalue weighted by atomic mass is 10.0. The quantitative estimate of drug-likeness (QED) is 0.453. The van der Waals surface area contributed by atoms with Gasteiger partial charge in [-0.15, -0.1) is 0 Å². The Bertz CT molecular complexity index is 1140. The van der Waals surface area contributed by atoms with Crippen molar-refractivity contribution in [1.29, 1.82) is 0 Å². The number of hydrogen-bond acceptors (Lipinski definition) is 5. The van der Waals surface area contributed by atoms with Crippen molar-refractivity contribution in [3.8, 4) is 0 Å². The van der Waals surface area contributed by atoms with E-state index in [0.29, 0.717) is 24.4 Å². The highest BCUT2D eigenvalue weighted by Gasteiger charge is 2.33. The van der Waals surface area contributed by atoms with Crippen LogP contribution in [0.4, 0.5) is 5.69 Å². The molecule has 1 aromatic heterocycles. The second-order valence-electron chi connectivity index (χ2n) is 8.64. The molecule has 8 nitrogen and oxygen atoms in total. The van der Waals surface area contributed by atoms with Crippen molar-refractivity contribution in [1.82, 2.24) is 10.6 Å². The van der Waals surface area contributed by atoms with Crippen molar-refractivity contribution in [2.45, 2.75) is 38.3 Å². The largest absolute Gasteiger partial charge is 0.459 e. The molecule has 2 heterocycles. The first kappa shape index (κ1) is 25.2. The highest BCUT2D eigenvalue weighted by Crippen LogP contribution is 2.29. The second-order valence-corrected chi connectivity index (χ2v) is 8.64. The molecular formula is C28H31N3O5. The van der Waals surface area contributed by atoms with Gasteiger partial charge >= 0.3 is 0 Å². The predicted octanol–water partition coefficient (Wildman–Crippen LogP) is 3.64. The summed E-state index contributed by atoms with van der Waals surface area (Å²) >= 11 is 0. The molecule has 1 saturated heterocycles.